The first-order valence-electron chi connectivity index (χ1n) is 4.98. The molecule has 0 saturated carbocycles. The van der Waals surface area contributed by atoms with Crippen LogP contribution in [0.1, 0.15) is 13.3 Å². The molecule has 0 aliphatic heterocycles. The molecule has 1 aromatic carbocycles. The number of hydrogen-bond acceptors (Lipinski definition) is 2. The van der Waals surface area contributed by atoms with Gasteiger partial charge in [0.05, 0.1) is 6.61 Å². The summed E-state index contributed by atoms with van der Waals surface area (Å²) in [7, 11) is 1.64. The number of benzene rings is 1. The van der Waals surface area contributed by atoms with Crippen molar-refractivity contribution in [3.8, 4) is 5.75 Å². The van der Waals surface area contributed by atoms with Gasteiger partial charge in [0.25, 0.3) is 0 Å². The van der Waals surface area contributed by atoms with Crippen LogP contribution in [0.2, 0.25) is 0 Å². The highest BCUT2D eigenvalue weighted by atomic mass is 16.5. The van der Waals surface area contributed by atoms with E-state index in [-0.39, 0.29) is 0 Å². The molecule has 0 aromatic heterocycles. The lowest BCUT2D eigenvalue weighted by Crippen LogP contribution is -2.21. The van der Waals surface area contributed by atoms with Crippen molar-refractivity contribution in [2.75, 3.05) is 19.0 Å². The van der Waals surface area contributed by atoms with Crippen LogP contribution in [-0.2, 0) is 0 Å². The van der Waals surface area contributed by atoms with Gasteiger partial charge in [-0.3, -0.25) is 4.99 Å². The fourth-order valence-corrected chi connectivity index (χ4v) is 1.06. The maximum absolute atomic E-state index is 5.53. The Hall–Kier alpha value is -1.71. The van der Waals surface area contributed by atoms with E-state index < -0.39 is 0 Å². The number of ether oxygens (including phenoxy) is 1. The molecule has 4 nitrogen and oxygen atoms in total. The third-order valence-corrected chi connectivity index (χ3v) is 1.84. The molecule has 1 rings (SSSR count). The van der Waals surface area contributed by atoms with E-state index in [9.17, 15) is 0 Å². The summed E-state index contributed by atoms with van der Waals surface area (Å²) in [6.45, 7) is 2.82. The first kappa shape index (κ1) is 11.4. The summed E-state index contributed by atoms with van der Waals surface area (Å²) in [5.41, 5.74) is 6.44. The third-order valence-electron chi connectivity index (χ3n) is 1.84. The highest BCUT2D eigenvalue weighted by Crippen LogP contribution is 2.15. The molecule has 1 aromatic rings. The molecular formula is C11H17N3O. The molecule has 0 spiro atoms. The lowest BCUT2D eigenvalue weighted by Gasteiger charge is -2.07. The van der Waals surface area contributed by atoms with Crippen LogP contribution in [0.25, 0.3) is 0 Å². The largest absolute Gasteiger partial charge is 0.494 e. The Balaban J connectivity index is 2.56. The van der Waals surface area contributed by atoms with Gasteiger partial charge in [0.2, 0.25) is 0 Å². The number of anilines is 1. The average molecular weight is 207 g/mol. The zero-order valence-corrected chi connectivity index (χ0v) is 9.16. The molecule has 0 fully saturated rings. The van der Waals surface area contributed by atoms with E-state index in [1.165, 1.54) is 0 Å². The Morgan fingerprint density at radius 1 is 1.40 bits per heavy atom. The Kier molecular flexibility index (Phi) is 4.47. The van der Waals surface area contributed by atoms with Gasteiger partial charge in [-0.25, -0.2) is 0 Å². The van der Waals surface area contributed by atoms with E-state index in [1.54, 1.807) is 7.05 Å². The monoisotopic (exact) mass is 207 g/mol. The predicted molar refractivity (Wildman–Crippen MR) is 63.4 cm³/mol. The summed E-state index contributed by atoms with van der Waals surface area (Å²) in [6.07, 6.45) is 1.01. The first-order valence-corrected chi connectivity index (χ1v) is 4.98. The lowest BCUT2D eigenvalue weighted by atomic mass is 10.3. The SMILES string of the molecule is CCCOc1ccc(NC(N)=NC)cc1. The van der Waals surface area contributed by atoms with Gasteiger partial charge >= 0.3 is 0 Å². The predicted octanol–water partition coefficient (Wildman–Crippen LogP) is 1.83. The van der Waals surface area contributed by atoms with E-state index >= 15 is 0 Å². The number of nitrogens with one attached hydrogen (secondary N) is 1. The normalized spacial score (nSPS) is 11.2. The molecule has 0 amide bonds. The lowest BCUT2D eigenvalue weighted by molar-refractivity contribution is 0.317. The van der Waals surface area contributed by atoms with E-state index in [2.05, 4.69) is 17.2 Å². The van der Waals surface area contributed by atoms with Crippen molar-refractivity contribution in [1.82, 2.24) is 0 Å². The molecular weight excluding hydrogens is 190 g/mol. The third kappa shape index (κ3) is 3.89. The van der Waals surface area contributed by atoms with Gasteiger partial charge in [0.1, 0.15) is 5.75 Å². The maximum atomic E-state index is 5.53. The van der Waals surface area contributed by atoms with Crippen molar-refractivity contribution in [3.05, 3.63) is 24.3 Å². The quantitative estimate of drug-likeness (QED) is 0.585. The van der Waals surface area contributed by atoms with Crippen LogP contribution in [-0.4, -0.2) is 19.6 Å². The van der Waals surface area contributed by atoms with Crippen LogP contribution in [0.15, 0.2) is 29.3 Å². The second kappa shape index (κ2) is 5.90. The summed E-state index contributed by atoms with van der Waals surface area (Å²) in [4.78, 5) is 3.81. The van der Waals surface area contributed by atoms with Crippen molar-refractivity contribution in [2.45, 2.75) is 13.3 Å². The molecule has 0 heterocycles. The zero-order chi connectivity index (χ0) is 11.1. The summed E-state index contributed by atoms with van der Waals surface area (Å²) in [6, 6.07) is 7.62. The molecule has 3 N–H and O–H groups in total. The summed E-state index contributed by atoms with van der Waals surface area (Å²) in [5.74, 6) is 1.27. The molecule has 82 valence electrons. The van der Waals surface area contributed by atoms with Crippen LogP contribution in [0.4, 0.5) is 5.69 Å². The number of nitrogens with zero attached hydrogens (tertiary/aromatic N) is 1. The number of nitrogens with two attached hydrogens (primary N) is 1. The van der Waals surface area contributed by atoms with Gasteiger partial charge in [-0.05, 0) is 30.7 Å². The average Bonchev–Trinajstić information content (AvgIpc) is 2.28. The van der Waals surface area contributed by atoms with E-state index in [0.29, 0.717) is 5.96 Å². The van der Waals surface area contributed by atoms with Crippen LogP contribution >= 0.6 is 0 Å². The number of aliphatic imine (C=N–C) groups is 1. The number of guanidine groups is 1. The summed E-state index contributed by atoms with van der Waals surface area (Å²) in [5, 5.41) is 2.95. The molecule has 0 saturated heterocycles. The maximum Gasteiger partial charge on any atom is 0.192 e. The van der Waals surface area contributed by atoms with Gasteiger partial charge < -0.3 is 15.8 Å². The van der Waals surface area contributed by atoms with Crippen molar-refractivity contribution < 1.29 is 4.74 Å². The van der Waals surface area contributed by atoms with E-state index in [4.69, 9.17) is 10.5 Å². The van der Waals surface area contributed by atoms with Gasteiger partial charge in [-0.2, -0.15) is 0 Å². The topological polar surface area (TPSA) is 59.6 Å². The minimum Gasteiger partial charge on any atom is -0.494 e. The van der Waals surface area contributed by atoms with E-state index in [0.717, 1.165) is 24.5 Å². The molecule has 15 heavy (non-hydrogen) atoms. The number of hydrogen-bond donors (Lipinski definition) is 2. The van der Waals surface area contributed by atoms with Crippen LogP contribution < -0.4 is 15.8 Å². The second-order valence-electron chi connectivity index (χ2n) is 3.11. The molecule has 0 bridgehead atoms. The van der Waals surface area contributed by atoms with Crippen LogP contribution in [0.5, 0.6) is 5.75 Å². The van der Waals surface area contributed by atoms with Gasteiger partial charge in [0.15, 0.2) is 5.96 Å². The highest BCUT2D eigenvalue weighted by molar-refractivity contribution is 5.92. The smallest absolute Gasteiger partial charge is 0.192 e. The highest BCUT2D eigenvalue weighted by Gasteiger charge is 1.95. The second-order valence-corrected chi connectivity index (χ2v) is 3.11. The fourth-order valence-electron chi connectivity index (χ4n) is 1.06. The van der Waals surface area contributed by atoms with E-state index in [1.807, 2.05) is 24.3 Å². The van der Waals surface area contributed by atoms with Crippen molar-refractivity contribution in [3.63, 3.8) is 0 Å². The van der Waals surface area contributed by atoms with Crippen molar-refractivity contribution in [1.29, 1.82) is 0 Å². The Morgan fingerprint density at radius 2 is 2.07 bits per heavy atom. The molecule has 4 heteroatoms. The first-order chi connectivity index (χ1) is 7.26. The van der Waals surface area contributed by atoms with Gasteiger partial charge in [0, 0.05) is 12.7 Å². The Morgan fingerprint density at radius 3 is 2.60 bits per heavy atom. The van der Waals surface area contributed by atoms with Crippen molar-refractivity contribution >= 4 is 11.6 Å². The molecule has 0 atom stereocenters. The fraction of sp³-hybridized carbons (Fsp3) is 0.364. The van der Waals surface area contributed by atoms with Gasteiger partial charge in [-0.15, -0.1) is 0 Å². The van der Waals surface area contributed by atoms with Crippen molar-refractivity contribution in [2.24, 2.45) is 10.7 Å². The Labute approximate surface area is 90.2 Å². The summed E-state index contributed by atoms with van der Waals surface area (Å²) < 4.78 is 5.45. The zero-order valence-electron chi connectivity index (χ0n) is 9.16. The standard InChI is InChI=1S/C11H17N3O/c1-3-8-15-10-6-4-9(5-7-10)14-11(12)13-2/h4-7H,3,8H2,1-2H3,(H3,12,13,14). The minimum absolute atomic E-state index is 0.400. The Bertz CT molecular complexity index is 319. The molecule has 0 unspecified atom stereocenters. The van der Waals surface area contributed by atoms with Crippen LogP contribution in [0.3, 0.4) is 0 Å². The minimum atomic E-state index is 0.400. The summed E-state index contributed by atoms with van der Waals surface area (Å²) >= 11 is 0. The molecule has 0 aliphatic carbocycles. The van der Waals surface area contributed by atoms with Gasteiger partial charge in [-0.1, -0.05) is 6.92 Å². The van der Waals surface area contributed by atoms with Crippen LogP contribution in [0, 0.1) is 0 Å². The molecule has 0 aliphatic rings. The number of rotatable bonds is 4. The molecule has 0 radical (unpaired) electrons.